The second-order valence-corrected chi connectivity index (χ2v) is 8.27. The van der Waals surface area contributed by atoms with Crippen LogP contribution in [0, 0.1) is 5.41 Å². The molecule has 2 aromatic rings. The Morgan fingerprint density at radius 3 is 2.35 bits per heavy atom. The Kier molecular flexibility index (Phi) is 6.32. The number of carboxylic acids is 1. The molecule has 31 heavy (non-hydrogen) atoms. The lowest BCUT2D eigenvalue weighted by molar-refractivity contribution is -0.138. The molecule has 2 heterocycles. The number of fused-ring (bicyclic) bond motifs is 1. The maximum Gasteiger partial charge on any atom is 0.317 e. The molecule has 0 unspecified atom stereocenters. The van der Waals surface area contributed by atoms with Gasteiger partial charge in [0.15, 0.2) is 0 Å². The topological polar surface area (TPSA) is 96.7 Å². The second kappa shape index (κ2) is 9.31. The maximum absolute atomic E-state index is 12.7. The number of amidine groups is 1. The zero-order valence-electron chi connectivity index (χ0n) is 17.6. The highest BCUT2D eigenvalue weighted by molar-refractivity contribution is 6.05. The van der Waals surface area contributed by atoms with Gasteiger partial charge >= 0.3 is 5.97 Å². The molecular weight excluding hydrogens is 392 g/mol. The van der Waals surface area contributed by atoms with E-state index < -0.39 is 5.97 Å². The summed E-state index contributed by atoms with van der Waals surface area (Å²) in [7, 11) is 0. The standard InChI is InChI=1S/C24H28N4O3/c25-23(28-11-2-1-3-12-28)18-4-6-19(7-5-18)24(31)26-21-9-8-17-10-13-27(16-22(29)30)15-20(17)14-21/h4-9,14,25H,1-3,10-13,15-16H2,(H,26,31)(H,29,30). The van der Waals surface area contributed by atoms with E-state index in [-0.39, 0.29) is 12.5 Å². The van der Waals surface area contributed by atoms with Crippen LogP contribution < -0.4 is 5.32 Å². The molecule has 1 fully saturated rings. The van der Waals surface area contributed by atoms with E-state index in [2.05, 4.69) is 10.2 Å². The summed E-state index contributed by atoms with van der Waals surface area (Å²) in [4.78, 5) is 27.7. The van der Waals surface area contributed by atoms with Crippen molar-refractivity contribution in [2.45, 2.75) is 32.2 Å². The predicted molar refractivity (Wildman–Crippen MR) is 120 cm³/mol. The van der Waals surface area contributed by atoms with Gasteiger partial charge in [-0.15, -0.1) is 0 Å². The summed E-state index contributed by atoms with van der Waals surface area (Å²) in [6.45, 7) is 3.16. The molecule has 2 aliphatic rings. The van der Waals surface area contributed by atoms with Crippen LogP contribution in [0.15, 0.2) is 42.5 Å². The average molecular weight is 421 g/mol. The quantitative estimate of drug-likeness (QED) is 0.510. The minimum Gasteiger partial charge on any atom is -0.480 e. The Morgan fingerprint density at radius 2 is 1.65 bits per heavy atom. The van der Waals surface area contributed by atoms with E-state index >= 15 is 0 Å². The number of aliphatic carboxylic acids is 1. The van der Waals surface area contributed by atoms with E-state index in [9.17, 15) is 9.59 Å². The van der Waals surface area contributed by atoms with Gasteiger partial charge in [0.05, 0.1) is 6.54 Å². The van der Waals surface area contributed by atoms with Crippen molar-refractivity contribution in [3.8, 4) is 0 Å². The first-order valence-electron chi connectivity index (χ1n) is 10.8. The largest absolute Gasteiger partial charge is 0.480 e. The van der Waals surface area contributed by atoms with E-state index in [0.717, 1.165) is 50.0 Å². The third-order valence-corrected chi connectivity index (χ3v) is 6.01. The number of piperidine rings is 1. The molecule has 1 amide bonds. The molecule has 2 aliphatic heterocycles. The number of hydrogen-bond donors (Lipinski definition) is 3. The van der Waals surface area contributed by atoms with Crippen molar-refractivity contribution < 1.29 is 14.7 Å². The third kappa shape index (κ3) is 5.11. The van der Waals surface area contributed by atoms with Gasteiger partial charge in [0, 0.05) is 43.0 Å². The first-order chi connectivity index (χ1) is 15.0. The van der Waals surface area contributed by atoms with E-state index in [0.29, 0.717) is 23.6 Å². The van der Waals surface area contributed by atoms with Gasteiger partial charge in [0.25, 0.3) is 5.91 Å². The van der Waals surface area contributed by atoms with Crippen molar-refractivity contribution in [2.75, 3.05) is 31.5 Å². The molecular formula is C24H28N4O3. The van der Waals surface area contributed by atoms with Gasteiger partial charge in [-0.1, -0.05) is 18.2 Å². The molecule has 162 valence electrons. The molecule has 7 heteroatoms. The van der Waals surface area contributed by atoms with E-state index in [1.807, 2.05) is 35.2 Å². The molecule has 0 aromatic heterocycles. The average Bonchev–Trinajstić information content (AvgIpc) is 2.78. The third-order valence-electron chi connectivity index (χ3n) is 6.01. The summed E-state index contributed by atoms with van der Waals surface area (Å²) in [5, 5.41) is 20.4. The molecule has 0 saturated carbocycles. The van der Waals surface area contributed by atoms with E-state index in [4.69, 9.17) is 10.5 Å². The van der Waals surface area contributed by atoms with E-state index in [1.54, 1.807) is 12.1 Å². The SMILES string of the molecule is N=C(c1ccc(C(=O)Nc2ccc3c(c2)CN(CC(=O)O)CC3)cc1)N1CCCCC1. The molecule has 0 atom stereocenters. The van der Waals surface area contributed by atoms with Crippen LogP contribution in [0.25, 0.3) is 0 Å². The van der Waals surface area contributed by atoms with Crippen molar-refractivity contribution in [3.63, 3.8) is 0 Å². The van der Waals surface area contributed by atoms with Crippen LogP contribution in [0.1, 0.15) is 46.3 Å². The van der Waals surface area contributed by atoms with Gasteiger partial charge in [-0.05, 0) is 61.1 Å². The van der Waals surface area contributed by atoms with Crippen LogP contribution in [0.4, 0.5) is 5.69 Å². The van der Waals surface area contributed by atoms with Crippen molar-refractivity contribution in [1.82, 2.24) is 9.80 Å². The van der Waals surface area contributed by atoms with Gasteiger partial charge in [-0.2, -0.15) is 0 Å². The minimum absolute atomic E-state index is 0.0226. The van der Waals surface area contributed by atoms with Crippen LogP contribution in [0.3, 0.4) is 0 Å². The molecule has 7 nitrogen and oxygen atoms in total. The Morgan fingerprint density at radius 1 is 0.935 bits per heavy atom. The molecule has 0 bridgehead atoms. The smallest absolute Gasteiger partial charge is 0.317 e. The van der Waals surface area contributed by atoms with Gasteiger partial charge < -0.3 is 15.3 Å². The van der Waals surface area contributed by atoms with Crippen molar-refractivity contribution in [1.29, 1.82) is 5.41 Å². The number of nitrogens with one attached hydrogen (secondary N) is 2. The number of nitrogens with zero attached hydrogens (tertiary/aromatic N) is 2. The van der Waals surface area contributed by atoms with Gasteiger partial charge in [0.1, 0.15) is 5.84 Å². The van der Waals surface area contributed by atoms with Crippen LogP contribution in [0.5, 0.6) is 0 Å². The Hall–Kier alpha value is -3.19. The van der Waals surface area contributed by atoms with Crippen LogP contribution in [0.2, 0.25) is 0 Å². The highest BCUT2D eigenvalue weighted by Crippen LogP contribution is 2.23. The number of carboxylic acid groups (broad SMARTS) is 1. The number of anilines is 1. The molecule has 3 N–H and O–H groups in total. The molecule has 1 saturated heterocycles. The van der Waals surface area contributed by atoms with Crippen LogP contribution in [-0.2, 0) is 17.8 Å². The number of rotatable bonds is 5. The minimum atomic E-state index is -0.829. The lowest BCUT2D eigenvalue weighted by atomic mass is 9.99. The lowest BCUT2D eigenvalue weighted by Crippen LogP contribution is -2.35. The summed E-state index contributed by atoms with van der Waals surface area (Å²) in [6, 6.07) is 13.0. The Bertz CT molecular complexity index is 981. The molecule has 2 aromatic carbocycles. The van der Waals surface area contributed by atoms with Gasteiger partial charge in [-0.3, -0.25) is 19.9 Å². The van der Waals surface area contributed by atoms with Crippen molar-refractivity contribution in [3.05, 3.63) is 64.7 Å². The number of carbonyl (C=O) groups is 2. The van der Waals surface area contributed by atoms with Crippen LogP contribution in [-0.4, -0.2) is 58.8 Å². The van der Waals surface area contributed by atoms with Crippen LogP contribution >= 0.6 is 0 Å². The highest BCUT2D eigenvalue weighted by Gasteiger charge is 2.19. The lowest BCUT2D eigenvalue weighted by Gasteiger charge is -2.29. The van der Waals surface area contributed by atoms with Gasteiger partial charge in [-0.25, -0.2) is 0 Å². The number of amides is 1. The summed E-state index contributed by atoms with van der Waals surface area (Å²) in [5.41, 5.74) is 4.31. The summed E-state index contributed by atoms with van der Waals surface area (Å²) < 4.78 is 0. The second-order valence-electron chi connectivity index (χ2n) is 8.27. The summed E-state index contributed by atoms with van der Waals surface area (Å²) in [5.74, 6) is -0.508. The fourth-order valence-electron chi connectivity index (χ4n) is 4.30. The van der Waals surface area contributed by atoms with Gasteiger partial charge in [0.2, 0.25) is 0 Å². The fourth-order valence-corrected chi connectivity index (χ4v) is 4.30. The predicted octanol–water partition coefficient (Wildman–Crippen LogP) is 3.19. The maximum atomic E-state index is 12.7. The van der Waals surface area contributed by atoms with Crippen molar-refractivity contribution in [2.24, 2.45) is 0 Å². The summed E-state index contributed by atoms with van der Waals surface area (Å²) in [6.07, 6.45) is 4.28. The Labute approximate surface area is 182 Å². The molecule has 0 spiro atoms. The summed E-state index contributed by atoms with van der Waals surface area (Å²) >= 11 is 0. The number of benzene rings is 2. The first kappa shape index (κ1) is 21.1. The zero-order chi connectivity index (χ0) is 21.8. The number of carbonyl (C=O) groups excluding carboxylic acids is 1. The monoisotopic (exact) mass is 420 g/mol. The zero-order valence-corrected chi connectivity index (χ0v) is 17.6. The number of hydrogen-bond acceptors (Lipinski definition) is 4. The normalized spacial score (nSPS) is 16.5. The Balaban J connectivity index is 1.40. The van der Waals surface area contributed by atoms with E-state index in [1.165, 1.54) is 12.0 Å². The number of likely N-dealkylation sites (tertiary alicyclic amines) is 1. The molecule has 0 aliphatic carbocycles. The highest BCUT2D eigenvalue weighted by atomic mass is 16.4. The first-order valence-corrected chi connectivity index (χ1v) is 10.8. The fraction of sp³-hybridized carbons (Fsp3) is 0.375. The molecule has 4 rings (SSSR count). The molecule has 0 radical (unpaired) electrons. The van der Waals surface area contributed by atoms with Crippen molar-refractivity contribution >= 4 is 23.4 Å².